The van der Waals surface area contributed by atoms with Crippen molar-refractivity contribution in [3.63, 3.8) is 0 Å². The van der Waals surface area contributed by atoms with Crippen molar-refractivity contribution >= 4 is 38.3 Å². The maximum atomic E-state index is 12.3. The first kappa shape index (κ1) is 18.5. The van der Waals surface area contributed by atoms with Gasteiger partial charge in [-0.3, -0.25) is 9.69 Å². The molecule has 2 aromatic carbocycles. The summed E-state index contributed by atoms with van der Waals surface area (Å²) >= 11 is 4.82. The number of carbonyl (C=O) groups is 1. The van der Waals surface area contributed by atoms with Crippen LogP contribution in [0.1, 0.15) is 12.8 Å². The van der Waals surface area contributed by atoms with Crippen LogP contribution < -0.4 is 9.64 Å². The molecule has 0 N–H and O–H groups in total. The highest BCUT2D eigenvalue weighted by Crippen LogP contribution is 2.29. The molecule has 0 unspecified atom stereocenters. The van der Waals surface area contributed by atoms with Crippen molar-refractivity contribution in [2.24, 2.45) is 0 Å². The molecule has 0 radical (unpaired) electrons. The number of hydrogen-bond donors (Lipinski definition) is 0. The van der Waals surface area contributed by atoms with E-state index in [4.69, 9.17) is 4.74 Å². The number of nitrogens with zero attached hydrogens (tertiary/aromatic N) is 3. The van der Waals surface area contributed by atoms with Gasteiger partial charge in [0.2, 0.25) is 11.0 Å². The second-order valence-corrected chi connectivity index (χ2v) is 7.49. The third-order valence-electron chi connectivity index (χ3n) is 3.71. The Bertz CT molecular complexity index is 853. The van der Waals surface area contributed by atoms with Gasteiger partial charge in [-0.2, -0.15) is 0 Å². The minimum atomic E-state index is 0.000155. The van der Waals surface area contributed by atoms with E-state index in [0.29, 0.717) is 24.6 Å². The van der Waals surface area contributed by atoms with Crippen molar-refractivity contribution in [1.82, 2.24) is 10.2 Å². The van der Waals surface area contributed by atoms with E-state index in [1.165, 1.54) is 11.3 Å². The van der Waals surface area contributed by atoms with Crippen LogP contribution in [0, 0.1) is 0 Å². The monoisotopic (exact) mass is 431 g/mol. The Hall–Kier alpha value is -2.25. The van der Waals surface area contributed by atoms with Gasteiger partial charge < -0.3 is 4.74 Å². The minimum Gasteiger partial charge on any atom is -0.494 e. The van der Waals surface area contributed by atoms with Gasteiger partial charge in [0, 0.05) is 23.5 Å². The fraction of sp³-hybridized carbons (Fsp3) is 0.211. The molecule has 0 aliphatic rings. The molecule has 3 aromatic rings. The van der Waals surface area contributed by atoms with Crippen LogP contribution in [0.25, 0.3) is 10.6 Å². The SMILES string of the molecule is CN(C(=O)CCCOc1ccccc1)c1nnc(-c2ccc(Br)cc2)s1. The van der Waals surface area contributed by atoms with Gasteiger partial charge >= 0.3 is 0 Å². The quantitative estimate of drug-likeness (QED) is 0.504. The largest absolute Gasteiger partial charge is 0.494 e. The smallest absolute Gasteiger partial charge is 0.228 e. The summed E-state index contributed by atoms with van der Waals surface area (Å²) in [5.41, 5.74) is 0.981. The number of anilines is 1. The summed E-state index contributed by atoms with van der Waals surface area (Å²) in [5, 5.41) is 9.72. The van der Waals surface area contributed by atoms with Crippen molar-refractivity contribution in [2.75, 3.05) is 18.6 Å². The van der Waals surface area contributed by atoms with E-state index < -0.39 is 0 Å². The Labute approximate surface area is 164 Å². The van der Waals surface area contributed by atoms with Gasteiger partial charge in [0.1, 0.15) is 10.8 Å². The summed E-state index contributed by atoms with van der Waals surface area (Å²) in [7, 11) is 1.73. The Morgan fingerprint density at radius 1 is 1.12 bits per heavy atom. The van der Waals surface area contributed by atoms with E-state index in [1.54, 1.807) is 11.9 Å². The van der Waals surface area contributed by atoms with E-state index >= 15 is 0 Å². The van der Waals surface area contributed by atoms with Crippen molar-refractivity contribution in [2.45, 2.75) is 12.8 Å². The Balaban J connectivity index is 1.51. The van der Waals surface area contributed by atoms with Crippen molar-refractivity contribution < 1.29 is 9.53 Å². The van der Waals surface area contributed by atoms with Crippen LogP contribution in [0.5, 0.6) is 5.75 Å². The van der Waals surface area contributed by atoms with Gasteiger partial charge in [0.15, 0.2) is 0 Å². The van der Waals surface area contributed by atoms with Crippen LogP contribution in [-0.4, -0.2) is 29.8 Å². The number of para-hydroxylation sites is 1. The predicted molar refractivity (Wildman–Crippen MR) is 108 cm³/mol. The molecule has 0 saturated carbocycles. The summed E-state index contributed by atoms with van der Waals surface area (Å²) in [6, 6.07) is 17.4. The number of ether oxygens (including phenoxy) is 1. The summed E-state index contributed by atoms with van der Waals surface area (Å²) in [6.07, 6.45) is 1.05. The van der Waals surface area contributed by atoms with E-state index in [0.717, 1.165) is 20.8 Å². The summed E-state index contributed by atoms with van der Waals surface area (Å²) in [6.45, 7) is 0.504. The molecule has 1 amide bonds. The Kier molecular flexibility index (Phi) is 6.35. The highest BCUT2D eigenvalue weighted by Gasteiger charge is 2.16. The molecular formula is C19H18BrN3O2S. The molecule has 26 heavy (non-hydrogen) atoms. The van der Waals surface area contributed by atoms with Crippen LogP contribution in [0.2, 0.25) is 0 Å². The lowest BCUT2D eigenvalue weighted by molar-refractivity contribution is -0.118. The topological polar surface area (TPSA) is 55.3 Å². The van der Waals surface area contributed by atoms with Crippen LogP contribution in [0.15, 0.2) is 59.1 Å². The molecule has 134 valence electrons. The predicted octanol–water partition coefficient (Wildman–Crippen LogP) is 4.79. The maximum absolute atomic E-state index is 12.3. The van der Waals surface area contributed by atoms with Crippen LogP contribution >= 0.6 is 27.3 Å². The highest BCUT2D eigenvalue weighted by atomic mass is 79.9. The molecule has 1 heterocycles. The van der Waals surface area contributed by atoms with Crippen LogP contribution in [0.3, 0.4) is 0 Å². The van der Waals surface area contributed by atoms with Gasteiger partial charge in [-0.25, -0.2) is 0 Å². The van der Waals surface area contributed by atoms with Gasteiger partial charge in [-0.1, -0.05) is 57.6 Å². The van der Waals surface area contributed by atoms with E-state index in [-0.39, 0.29) is 5.91 Å². The molecule has 0 spiro atoms. The lowest BCUT2D eigenvalue weighted by Gasteiger charge is -2.13. The lowest BCUT2D eigenvalue weighted by Crippen LogP contribution is -2.26. The Morgan fingerprint density at radius 2 is 1.85 bits per heavy atom. The highest BCUT2D eigenvalue weighted by molar-refractivity contribution is 9.10. The number of rotatable bonds is 7. The molecule has 5 nitrogen and oxygen atoms in total. The molecular weight excluding hydrogens is 414 g/mol. The van der Waals surface area contributed by atoms with Crippen LogP contribution in [0.4, 0.5) is 5.13 Å². The lowest BCUT2D eigenvalue weighted by atomic mass is 10.2. The third kappa shape index (κ3) is 4.89. The fourth-order valence-electron chi connectivity index (χ4n) is 2.26. The number of halogens is 1. The first-order chi connectivity index (χ1) is 12.6. The molecule has 7 heteroatoms. The summed E-state index contributed by atoms with van der Waals surface area (Å²) < 4.78 is 6.62. The standard InChI is InChI=1S/C19H18BrN3O2S/c1-23(17(24)8-5-13-25-16-6-3-2-4-7-16)19-22-21-18(26-19)14-9-11-15(20)12-10-14/h2-4,6-7,9-12H,5,8,13H2,1H3. The second kappa shape index (κ2) is 8.91. The van der Waals surface area contributed by atoms with Crippen molar-refractivity contribution in [3.8, 4) is 16.3 Å². The van der Waals surface area contributed by atoms with E-state index in [9.17, 15) is 4.79 Å². The molecule has 0 fully saturated rings. The van der Waals surface area contributed by atoms with Gasteiger partial charge in [-0.15, -0.1) is 10.2 Å². The molecule has 0 saturated heterocycles. The zero-order chi connectivity index (χ0) is 18.4. The molecule has 0 atom stereocenters. The average molecular weight is 432 g/mol. The number of hydrogen-bond acceptors (Lipinski definition) is 5. The van der Waals surface area contributed by atoms with Crippen molar-refractivity contribution in [1.29, 1.82) is 0 Å². The molecule has 0 aliphatic heterocycles. The minimum absolute atomic E-state index is 0.000155. The van der Waals surface area contributed by atoms with Crippen molar-refractivity contribution in [3.05, 3.63) is 59.1 Å². The number of aromatic nitrogens is 2. The maximum Gasteiger partial charge on any atom is 0.228 e. The number of carbonyl (C=O) groups excluding carboxylic acids is 1. The molecule has 0 bridgehead atoms. The van der Waals surface area contributed by atoms with Crippen LogP contribution in [-0.2, 0) is 4.79 Å². The molecule has 0 aliphatic carbocycles. The number of benzene rings is 2. The molecule has 1 aromatic heterocycles. The first-order valence-electron chi connectivity index (χ1n) is 8.17. The fourth-order valence-corrected chi connectivity index (χ4v) is 3.36. The molecule has 3 rings (SSSR count). The Morgan fingerprint density at radius 3 is 2.58 bits per heavy atom. The summed E-state index contributed by atoms with van der Waals surface area (Å²) in [5.74, 6) is 0.816. The van der Waals surface area contributed by atoms with E-state index in [1.807, 2.05) is 54.6 Å². The zero-order valence-corrected chi connectivity index (χ0v) is 16.7. The van der Waals surface area contributed by atoms with Gasteiger partial charge in [-0.05, 0) is 30.7 Å². The van der Waals surface area contributed by atoms with Gasteiger partial charge in [0.05, 0.1) is 6.61 Å². The average Bonchev–Trinajstić information content (AvgIpc) is 3.16. The third-order valence-corrected chi connectivity index (χ3v) is 5.29. The normalized spacial score (nSPS) is 10.5. The summed E-state index contributed by atoms with van der Waals surface area (Å²) in [4.78, 5) is 13.9. The first-order valence-corrected chi connectivity index (χ1v) is 9.78. The van der Waals surface area contributed by atoms with Gasteiger partial charge in [0.25, 0.3) is 0 Å². The van der Waals surface area contributed by atoms with E-state index in [2.05, 4.69) is 26.1 Å². The second-order valence-electron chi connectivity index (χ2n) is 5.61. The zero-order valence-electron chi connectivity index (χ0n) is 14.3. The number of amides is 1.